The number of ether oxygens (including phenoxy) is 2. The average molecular weight is 483 g/mol. The summed E-state index contributed by atoms with van der Waals surface area (Å²) in [6.45, 7) is 5.38. The van der Waals surface area contributed by atoms with Gasteiger partial charge in [0.05, 0.1) is 32.1 Å². The Labute approximate surface area is 204 Å². The van der Waals surface area contributed by atoms with E-state index in [0.717, 1.165) is 18.7 Å². The molecule has 2 aliphatic rings. The summed E-state index contributed by atoms with van der Waals surface area (Å²) in [6.07, 6.45) is 0.334. The second-order valence-electron chi connectivity index (χ2n) is 8.62. The summed E-state index contributed by atoms with van der Waals surface area (Å²) in [4.78, 5) is 29.6. The molecule has 0 N–H and O–H groups in total. The normalized spacial score (nSPS) is 18.3. The highest BCUT2D eigenvalue weighted by atomic mass is 19.1. The van der Waals surface area contributed by atoms with Crippen LogP contribution >= 0.6 is 0 Å². The molecule has 2 aromatic rings. The van der Waals surface area contributed by atoms with Gasteiger partial charge in [0.1, 0.15) is 18.1 Å². The lowest BCUT2D eigenvalue weighted by Gasteiger charge is -2.30. The van der Waals surface area contributed by atoms with Gasteiger partial charge in [-0.05, 0) is 12.1 Å². The zero-order chi connectivity index (χ0) is 24.8. The summed E-state index contributed by atoms with van der Waals surface area (Å²) >= 11 is 0. The van der Waals surface area contributed by atoms with Gasteiger partial charge in [0.25, 0.3) is 5.91 Å². The average Bonchev–Trinajstić information content (AvgIpc) is 3.32. The van der Waals surface area contributed by atoms with Gasteiger partial charge in [-0.2, -0.15) is 5.10 Å². The van der Waals surface area contributed by atoms with Crippen molar-refractivity contribution in [2.75, 3.05) is 53.0 Å². The monoisotopic (exact) mass is 482 g/mol. The van der Waals surface area contributed by atoms with E-state index in [1.54, 1.807) is 25.3 Å². The SMILES string of the molecule is COc1ccccc1[C@@H]1CC(c2ccccc2F)=NN1C(=O)CN(CCN1CCOCC1)C(C)=O. The highest BCUT2D eigenvalue weighted by Crippen LogP contribution is 2.37. The van der Waals surface area contributed by atoms with Crippen LogP contribution < -0.4 is 4.74 Å². The van der Waals surface area contributed by atoms with Gasteiger partial charge < -0.3 is 14.4 Å². The van der Waals surface area contributed by atoms with E-state index in [4.69, 9.17) is 9.47 Å². The van der Waals surface area contributed by atoms with Crippen LogP contribution in [0.5, 0.6) is 5.75 Å². The number of nitrogens with zero attached hydrogens (tertiary/aromatic N) is 4. The van der Waals surface area contributed by atoms with E-state index < -0.39 is 11.9 Å². The molecular formula is C26H31FN4O4. The molecule has 2 aromatic carbocycles. The number of hydrogen-bond donors (Lipinski definition) is 0. The number of carbonyl (C=O) groups excluding carboxylic acids is 2. The quantitative estimate of drug-likeness (QED) is 0.579. The lowest BCUT2D eigenvalue weighted by molar-refractivity contribution is -0.140. The first kappa shape index (κ1) is 24.8. The number of halogens is 1. The van der Waals surface area contributed by atoms with E-state index in [0.29, 0.717) is 49.7 Å². The van der Waals surface area contributed by atoms with E-state index in [1.807, 2.05) is 24.3 Å². The molecule has 35 heavy (non-hydrogen) atoms. The lowest BCUT2D eigenvalue weighted by Crippen LogP contribution is -2.45. The largest absolute Gasteiger partial charge is 0.496 e. The third-order valence-corrected chi connectivity index (χ3v) is 6.41. The van der Waals surface area contributed by atoms with Gasteiger partial charge in [-0.15, -0.1) is 0 Å². The summed E-state index contributed by atoms with van der Waals surface area (Å²) in [6, 6.07) is 13.3. The minimum atomic E-state index is -0.471. The maximum absolute atomic E-state index is 14.6. The van der Waals surface area contributed by atoms with Crippen LogP contribution in [0.2, 0.25) is 0 Å². The third kappa shape index (κ3) is 5.86. The van der Waals surface area contributed by atoms with Crippen LogP contribution in [0.15, 0.2) is 53.6 Å². The van der Waals surface area contributed by atoms with Gasteiger partial charge in [-0.1, -0.05) is 36.4 Å². The Morgan fingerprint density at radius 1 is 1.14 bits per heavy atom. The van der Waals surface area contributed by atoms with Crippen LogP contribution in [0.3, 0.4) is 0 Å². The first-order valence-corrected chi connectivity index (χ1v) is 11.8. The molecule has 1 saturated heterocycles. The van der Waals surface area contributed by atoms with Crippen molar-refractivity contribution >= 4 is 17.5 Å². The fraction of sp³-hybridized carbons (Fsp3) is 0.423. The topological polar surface area (TPSA) is 74.7 Å². The third-order valence-electron chi connectivity index (χ3n) is 6.41. The second-order valence-corrected chi connectivity index (χ2v) is 8.62. The second kappa shape index (κ2) is 11.4. The Morgan fingerprint density at radius 2 is 1.86 bits per heavy atom. The van der Waals surface area contributed by atoms with Crippen molar-refractivity contribution < 1.29 is 23.5 Å². The summed E-state index contributed by atoms with van der Waals surface area (Å²) in [7, 11) is 1.57. The standard InChI is InChI=1S/C26H31FN4O4/c1-19(32)30(12-11-29-13-15-35-16-14-29)18-26(33)31-24(21-8-4-6-10-25(21)34-2)17-23(28-31)20-7-3-5-9-22(20)27/h3-10,24H,11-18H2,1-2H3/t24-/m0/s1. The maximum atomic E-state index is 14.6. The fourth-order valence-corrected chi connectivity index (χ4v) is 4.45. The Balaban J connectivity index is 1.57. The van der Waals surface area contributed by atoms with Crippen LogP contribution in [-0.4, -0.2) is 85.4 Å². The molecule has 0 spiro atoms. The van der Waals surface area contributed by atoms with Crippen LogP contribution in [0, 0.1) is 5.82 Å². The number of hydrogen-bond acceptors (Lipinski definition) is 6. The van der Waals surface area contributed by atoms with Crippen molar-refractivity contribution in [3.63, 3.8) is 0 Å². The number of benzene rings is 2. The highest BCUT2D eigenvalue weighted by Gasteiger charge is 2.36. The number of methoxy groups -OCH3 is 1. The molecule has 2 amide bonds. The van der Waals surface area contributed by atoms with Crippen molar-refractivity contribution in [3.05, 3.63) is 65.5 Å². The summed E-state index contributed by atoms with van der Waals surface area (Å²) in [5.74, 6) is -0.284. The summed E-state index contributed by atoms with van der Waals surface area (Å²) in [5, 5.41) is 5.93. The molecule has 1 fully saturated rings. The fourth-order valence-electron chi connectivity index (χ4n) is 4.45. The summed E-state index contributed by atoms with van der Waals surface area (Å²) in [5.41, 5.74) is 1.62. The molecule has 9 heteroatoms. The molecule has 2 aliphatic heterocycles. The van der Waals surface area contributed by atoms with Crippen molar-refractivity contribution in [2.24, 2.45) is 5.10 Å². The van der Waals surface area contributed by atoms with E-state index in [2.05, 4.69) is 10.0 Å². The lowest BCUT2D eigenvalue weighted by atomic mass is 9.97. The van der Waals surface area contributed by atoms with Gasteiger partial charge in [-0.3, -0.25) is 14.5 Å². The molecule has 0 unspecified atom stereocenters. The Kier molecular flexibility index (Phi) is 8.09. The molecule has 0 saturated carbocycles. The zero-order valence-electron chi connectivity index (χ0n) is 20.2. The van der Waals surface area contributed by atoms with Gasteiger partial charge in [0.15, 0.2) is 0 Å². The summed E-state index contributed by atoms with van der Waals surface area (Å²) < 4.78 is 25.5. The van der Waals surface area contributed by atoms with E-state index >= 15 is 0 Å². The van der Waals surface area contributed by atoms with Crippen LogP contribution in [0.25, 0.3) is 0 Å². The molecule has 0 aliphatic carbocycles. The zero-order valence-corrected chi connectivity index (χ0v) is 20.2. The molecule has 0 bridgehead atoms. The van der Waals surface area contributed by atoms with Gasteiger partial charge >= 0.3 is 0 Å². The van der Waals surface area contributed by atoms with E-state index in [9.17, 15) is 14.0 Å². The van der Waals surface area contributed by atoms with Crippen LogP contribution in [0.1, 0.15) is 30.5 Å². The number of para-hydroxylation sites is 1. The van der Waals surface area contributed by atoms with Crippen molar-refractivity contribution in [2.45, 2.75) is 19.4 Å². The van der Waals surface area contributed by atoms with Crippen molar-refractivity contribution in [1.29, 1.82) is 0 Å². The maximum Gasteiger partial charge on any atom is 0.262 e. The van der Waals surface area contributed by atoms with Gasteiger partial charge in [0, 0.05) is 50.7 Å². The molecule has 0 aromatic heterocycles. The number of carbonyl (C=O) groups is 2. The predicted octanol–water partition coefficient (Wildman–Crippen LogP) is 2.69. The Morgan fingerprint density at radius 3 is 2.57 bits per heavy atom. The van der Waals surface area contributed by atoms with Crippen LogP contribution in [-0.2, 0) is 14.3 Å². The first-order valence-electron chi connectivity index (χ1n) is 11.8. The minimum Gasteiger partial charge on any atom is -0.496 e. The minimum absolute atomic E-state index is 0.112. The Bertz CT molecular complexity index is 1090. The van der Waals surface area contributed by atoms with Crippen molar-refractivity contribution in [1.82, 2.24) is 14.8 Å². The number of hydrazone groups is 1. The molecule has 1 atom stereocenters. The molecule has 0 radical (unpaired) electrons. The smallest absolute Gasteiger partial charge is 0.262 e. The molecule has 4 rings (SSSR count). The van der Waals surface area contributed by atoms with Gasteiger partial charge in [0.2, 0.25) is 5.91 Å². The van der Waals surface area contributed by atoms with E-state index in [-0.39, 0.29) is 18.4 Å². The predicted molar refractivity (Wildman–Crippen MR) is 130 cm³/mol. The number of rotatable bonds is 8. The van der Waals surface area contributed by atoms with E-state index in [1.165, 1.54) is 22.9 Å². The molecule has 2 heterocycles. The van der Waals surface area contributed by atoms with Crippen molar-refractivity contribution in [3.8, 4) is 5.75 Å². The highest BCUT2D eigenvalue weighted by molar-refractivity contribution is 6.03. The molecule has 8 nitrogen and oxygen atoms in total. The van der Waals surface area contributed by atoms with Crippen LogP contribution in [0.4, 0.5) is 4.39 Å². The molecular weight excluding hydrogens is 451 g/mol. The molecule has 186 valence electrons. The number of amides is 2. The Hall–Kier alpha value is -3.30. The number of morpholine rings is 1. The van der Waals surface area contributed by atoms with Gasteiger partial charge in [-0.25, -0.2) is 9.40 Å². The first-order chi connectivity index (χ1) is 17.0.